The Morgan fingerprint density at radius 1 is 1.00 bits per heavy atom. The zero-order valence-corrected chi connectivity index (χ0v) is 16.8. The molecular formula is C23H16N4O2S. The number of nitrogens with one attached hydrogen (secondary N) is 1. The molecule has 1 N–H and O–H groups in total. The van der Waals surface area contributed by atoms with Crippen molar-refractivity contribution in [1.82, 2.24) is 5.01 Å². The molecule has 6 nitrogen and oxygen atoms in total. The van der Waals surface area contributed by atoms with Gasteiger partial charge in [-0.2, -0.15) is 15.1 Å². The molecule has 146 valence electrons. The lowest BCUT2D eigenvalue weighted by Crippen LogP contribution is -2.35. The first-order valence-electron chi connectivity index (χ1n) is 9.31. The Morgan fingerprint density at radius 2 is 1.77 bits per heavy atom. The Kier molecular flexibility index (Phi) is 4.44. The van der Waals surface area contributed by atoms with Crippen LogP contribution in [-0.2, 0) is 4.79 Å². The zero-order chi connectivity index (χ0) is 20.7. The molecule has 0 bridgehead atoms. The smallest absolute Gasteiger partial charge is 0.283 e. The Balaban J connectivity index is 1.45. The number of rotatable bonds is 3. The second-order valence-electron chi connectivity index (χ2n) is 6.86. The summed E-state index contributed by atoms with van der Waals surface area (Å²) >= 11 is 1.28. The van der Waals surface area contributed by atoms with Crippen molar-refractivity contribution in [3.05, 3.63) is 89.2 Å². The number of thioether (sulfide) groups is 1. The molecule has 0 radical (unpaired) electrons. The van der Waals surface area contributed by atoms with E-state index in [0.717, 1.165) is 16.7 Å². The van der Waals surface area contributed by atoms with Gasteiger partial charge in [0.15, 0.2) is 5.84 Å². The molecule has 1 aromatic heterocycles. The minimum atomic E-state index is -0.475. The summed E-state index contributed by atoms with van der Waals surface area (Å²) in [7, 11) is 0. The molecule has 3 aromatic rings. The van der Waals surface area contributed by atoms with Crippen molar-refractivity contribution in [2.24, 2.45) is 10.1 Å². The Labute approximate surface area is 177 Å². The van der Waals surface area contributed by atoms with Gasteiger partial charge in [0.25, 0.3) is 5.91 Å². The van der Waals surface area contributed by atoms with Crippen LogP contribution in [0.5, 0.6) is 0 Å². The lowest BCUT2D eigenvalue weighted by molar-refractivity contribution is -0.114. The van der Waals surface area contributed by atoms with E-state index in [4.69, 9.17) is 9.83 Å². The summed E-state index contributed by atoms with van der Waals surface area (Å²) in [6, 6.07) is 21.2. The number of benzene rings is 2. The van der Waals surface area contributed by atoms with Gasteiger partial charge in [-0.05, 0) is 36.9 Å². The van der Waals surface area contributed by atoms with Crippen molar-refractivity contribution >= 4 is 39.8 Å². The quantitative estimate of drug-likeness (QED) is 0.619. The third kappa shape index (κ3) is 3.29. The van der Waals surface area contributed by atoms with Gasteiger partial charge in [-0.15, -0.1) is 0 Å². The van der Waals surface area contributed by atoms with Crippen LogP contribution < -0.4 is 0 Å². The van der Waals surface area contributed by atoms with Crippen LogP contribution in [0.3, 0.4) is 0 Å². The Bertz CT molecular complexity index is 1250. The molecule has 0 atom stereocenters. The standard InChI is InChI=1S/C23H16N4O2S/c1-14-7-9-16(10-8-14)22-26-27-20(24)18(21(28)25-23(27)30-22)13-17-11-12-19(29-17)15-5-3-2-4-6-15/h2-13,24H,1H3/b18-13-,24-20?. The van der Waals surface area contributed by atoms with Gasteiger partial charge in [-0.1, -0.05) is 60.2 Å². The molecule has 2 aliphatic heterocycles. The van der Waals surface area contributed by atoms with Gasteiger partial charge in [0, 0.05) is 11.1 Å². The van der Waals surface area contributed by atoms with Gasteiger partial charge in [0.05, 0.1) is 5.57 Å². The van der Waals surface area contributed by atoms with E-state index in [-0.39, 0.29) is 11.4 Å². The van der Waals surface area contributed by atoms with Crippen molar-refractivity contribution in [3.8, 4) is 11.3 Å². The number of amidine groups is 2. The van der Waals surface area contributed by atoms with Gasteiger partial charge >= 0.3 is 0 Å². The lowest BCUT2D eigenvalue weighted by Gasteiger charge is -2.19. The molecule has 0 aliphatic carbocycles. The molecule has 2 aliphatic rings. The predicted molar refractivity (Wildman–Crippen MR) is 119 cm³/mol. The molecule has 1 amide bonds. The second kappa shape index (κ2) is 7.27. The average Bonchev–Trinajstić information content (AvgIpc) is 3.40. The van der Waals surface area contributed by atoms with Crippen LogP contribution in [0.15, 0.2) is 86.8 Å². The molecule has 30 heavy (non-hydrogen) atoms. The van der Waals surface area contributed by atoms with E-state index in [2.05, 4.69) is 10.1 Å². The average molecular weight is 412 g/mol. The molecule has 3 heterocycles. The number of hydrogen-bond donors (Lipinski definition) is 1. The minimum absolute atomic E-state index is 0.0164. The summed E-state index contributed by atoms with van der Waals surface area (Å²) in [6.07, 6.45) is 1.54. The fourth-order valence-electron chi connectivity index (χ4n) is 3.14. The van der Waals surface area contributed by atoms with Crippen LogP contribution in [-0.4, -0.2) is 27.0 Å². The molecule has 0 saturated heterocycles. The molecular weight excluding hydrogens is 396 g/mol. The number of nitrogens with zero attached hydrogens (tertiary/aromatic N) is 3. The summed E-state index contributed by atoms with van der Waals surface area (Å²) < 4.78 is 5.85. The van der Waals surface area contributed by atoms with Crippen LogP contribution in [0, 0.1) is 12.3 Å². The summed E-state index contributed by atoms with van der Waals surface area (Å²) in [5.74, 6) is 0.682. The lowest BCUT2D eigenvalue weighted by atomic mass is 10.1. The monoisotopic (exact) mass is 412 g/mol. The molecule has 0 spiro atoms. The van der Waals surface area contributed by atoms with Gasteiger partial charge in [-0.25, -0.2) is 0 Å². The summed E-state index contributed by atoms with van der Waals surface area (Å²) in [6.45, 7) is 2.02. The fourth-order valence-corrected chi connectivity index (χ4v) is 4.03. The molecule has 2 aromatic carbocycles. The van der Waals surface area contributed by atoms with E-state index in [1.165, 1.54) is 16.8 Å². The summed E-state index contributed by atoms with van der Waals surface area (Å²) in [5, 5.41) is 15.5. The molecule has 7 heteroatoms. The highest BCUT2D eigenvalue weighted by molar-refractivity contribution is 8.27. The number of amides is 1. The van der Waals surface area contributed by atoms with E-state index >= 15 is 0 Å². The van der Waals surface area contributed by atoms with Crippen LogP contribution in [0.25, 0.3) is 17.4 Å². The normalized spacial score (nSPS) is 17.2. The fraction of sp³-hybridized carbons (Fsp3) is 0.0435. The van der Waals surface area contributed by atoms with Gasteiger partial charge in [0.2, 0.25) is 5.17 Å². The van der Waals surface area contributed by atoms with Crippen molar-refractivity contribution in [1.29, 1.82) is 5.41 Å². The SMILES string of the molecule is Cc1ccc(C2=NN3C(=N)/C(=C/c4ccc(-c5ccccc5)o4)C(=O)N=C3S2)cc1. The summed E-state index contributed by atoms with van der Waals surface area (Å²) in [4.78, 5) is 16.7. The maximum atomic E-state index is 12.6. The van der Waals surface area contributed by atoms with E-state index in [1.807, 2.05) is 67.6 Å². The minimum Gasteiger partial charge on any atom is -0.457 e. The third-order valence-corrected chi connectivity index (χ3v) is 5.68. The number of aryl methyl sites for hydroxylation is 1. The molecule has 0 saturated carbocycles. The number of hydrazone groups is 1. The van der Waals surface area contributed by atoms with Crippen molar-refractivity contribution < 1.29 is 9.21 Å². The number of fused-ring (bicyclic) bond motifs is 1. The second-order valence-corrected chi connectivity index (χ2v) is 7.82. The first-order valence-corrected chi connectivity index (χ1v) is 10.1. The topological polar surface area (TPSA) is 82.0 Å². The highest BCUT2D eigenvalue weighted by Crippen LogP contribution is 2.31. The van der Waals surface area contributed by atoms with Gasteiger partial charge in [0.1, 0.15) is 16.6 Å². The number of carbonyl (C=O) groups is 1. The summed E-state index contributed by atoms with van der Waals surface area (Å²) in [5.41, 5.74) is 3.16. The van der Waals surface area contributed by atoms with Crippen LogP contribution in [0.1, 0.15) is 16.9 Å². The van der Waals surface area contributed by atoms with E-state index in [0.29, 0.717) is 21.7 Å². The highest BCUT2D eigenvalue weighted by atomic mass is 32.2. The van der Waals surface area contributed by atoms with Crippen LogP contribution in [0.4, 0.5) is 0 Å². The maximum absolute atomic E-state index is 12.6. The zero-order valence-electron chi connectivity index (χ0n) is 16.0. The molecule has 0 unspecified atom stereocenters. The maximum Gasteiger partial charge on any atom is 0.283 e. The van der Waals surface area contributed by atoms with E-state index < -0.39 is 5.91 Å². The van der Waals surface area contributed by atoms with Gasteiger partial charge < -0.3 is 4.42 Å². The van der Waals surface area contributed by atoms with Crippen molar-refractivity contribution in [2.75, 3.05) is 0 Å². The first-order chi connectivity index (χ1) is 14.6. The third-order valence-electron chi connectivity index (χ3n) is 4.72. The van der Waals surface area contributed by atoms with Gasteiger partial charge in [-0.3, -0.25) is 10.2 Å². The molecule has 0 fully saturated rings. The Hall–Kier alpha value is -3.71. The highest BCUT2D eigenvalue weighted by Gasteiger charge is 2.36. The van der Waals surface area contributed by atoms with Crippen LogP contribution in [0.2, 0.25) is 0 Å². The van der Waals surface area contributed by atoms with E-state index in [1.54, 1.807) is 12.1 Å². The van der Waals surface area contributed by atoms with Crippen LogP contribution >= 0.6 is 11.8 Å². The Morgan fingerprint density at radius 3 is 2.53 bits per heavy atom. The van der Waals surface area contributed by atoms with E-state index in [9.17, 15) is 4.79 Å². The number of furan rings is 1. The van der Waals surface area contributed by atoms with Crippen molar-refractivity contribution in [3.63, 3.8) is 0 Å². The number of aliphatic imine (C=N–C) groups is 1. The predicted octanol–water partition coefficient (Wildman–Crippen LogP) is 4.92. The number of carbonyl (C=O) groups excluding carboxylic acids is 1. The van der Waals surface area contributed by atoms with Crippen molar-refractivity contribution in [2.45, 2.75) is 6.92 Å². The first kappa shape index (κ1) is 18.3. The number of hydrogen-bond acceptors (Lipinski definition) is 5. The molecule has 5 rings (SSSR count). The largest absolute Gasteiger partial charge is 0.457 e.